The number of hydrogen-bond donors (Lipinski definition) is 1. The standard InChI is InChI=1S/C12H11N3/c1-9-7-10(14)4-5-12(9)15-6-2-3-11(15)8-13/h2-7H,14H2,1H3. The number of nitrogens with zero attached hydrogens (tertiary/aromatic N) is 2. The summed E-state index contributed by atoms with van der Waals surface area (Å²) in [5.74, 6) is 0. The van der Waals surface area contributed by atoms with Crippen LogP contribution < -0.4 is 5.73 Å². The molecule has 0 fully saturated rings. The summed E-state index contributed by atoms with van der Waals surface area (Å²) in [6.45, 7) is 1.98. The Hall–Kier alpha value is -2.21. The smallest absolute Gasteiger partial charge is 0.124 e. The van der Waals surface area contributed by atoms with E-state index in [9.17, 15) is 0 Å². The molecule has 1 aromatic heterocycles. The summed E-state index contributed by atoms with van der Waals surface area (Å²) in [7, 11) is 0. The zero-order valence-corrected chi connectivity index (χ0v) is 8.44. The van der Waals surface area contributed by atoms with Crippen molar-refractivity contribution in [1.82, 2.24) is 4.57 Å². The van der Waals surface area contributed by atoms with Gasteiger partial charge in [0.25, 0.3) is 0 Å². The van der Waals surface area contributed by atoms with Gasteiger partial charge in [-0.25, -0.2) is 0 Å². The number of aromatic nitrogens is 1. The Morgan fingerprint density at radius 2 is 2.13 bits per heavy atom. The molecular weight excluding hydrogens is 186 g/mol. The van der Waals surface area contributed by atoms with Crippen molar-refractivity contribution in [3.05, 3.63) is 47.8 Å². The molecule has 0 unspecified atom stereocenters. The molecule has 0 aliphatic carbocycles. The van der Waals surface area contributed by atoms with Crippen LogP contribution in [0, 0.1) is 18.3 Å². The second-order valence-corrected chi connectivity index (χ2v) is 3.42. The predicted molar refractivity (Wildman–Crippen MR) is 59.6 cm³/mol. The van der Waals surface area contributed by atoms with Crippen LogP contribution in [-0.2, 0) is 0 Å². The highest BCUT2D eigenvalue weighted by molar-refractivity contribution is 5.52. The van der Waals surface area contributed by atoms with Gasteiger partial charge in [0.1, 0.15) is 11.8 Å². The second-order valence-electron chi connectivity index (χ2n) is 3.42. The van der Waals surface area contributed by atoms with Crippen molar-refractivity contribution < 1.29 is 0 Å². The highest BCUT2D eigenvalue weighted by Gasteiger charge is 2.04. The van der Waals surface area contributed by atoms with E-state index in [4.69, 9.17) is 11.0 Å². The average molecular weight is 197 g/mol. The third kappa shape index (κ3) is 1.57. The number of rotatable bonds is 1. The summed E-state index contributed by atoms with van der Waals surface area (Å²) >= 11 is 0. The average Bonchev–Trinajstić information content (AvgIpc) is 2.65. The molecule has 1 heterocycles. The van der Waals surface area contributed by atoms with Gasteiger partial charge in [-0.15, -0.1) is 0 Å². The van der Waals surface area contributed by atoms with Gasteiger partial charge < -0.3 is 10.3 Å². The molecule has 0 atom stereocenters. The molecule has 2 N–H and O–H groups in total. The molecule has 3 nitrogen and oxygen atoms in total. The van der Waals surface area contributed by atoms with E-state index in [0.717, 1.165) is 16.9 Å². The lowest BCUT2D eigenvalue weighted by atomic mass is 10.2. The summed E-state index contributed by atoms with van der Waals surface area (Å²) in [6.07, 6.45) is 1.87. The number of anilines is 1. The number of nitriles is 1. The maximum atomic E-state index is 8.92. The van der Waals surface area contributed by atoms with Gasteiger partial charge in [0.05, 0.1) is 0 Å². The number of benzene rings is 1. The van der Waals surface area contributed by atoms with E-state index in [2.05, 4.69) is 6.07 Å². The van der Waals surface area contributed by atoms with E-state index >= 15 is 0 Å². The van der Waals surface area contributed by atoms with E-state index in [-0.39, 0.29) is 0 Å². The van der Waals surface area contributed by atoms with E-state index < -0.39 is 0 Å². The Morgan fingerprint density at radius 1 is 1.33 bits per heavy atom. The minimum atomic E-state index is 0.628. The summed E-state index contributed by atoms with van der Waals surface area (Å²) in [6, 6.07) is 11.4. The van der Waals surface area contributed by atoms with Gasteiger partial charge in [-0.1, -0.05) is 0 Å². The van der Waals surface area contributed by atoms with E-state index in [0.29, 0.717) is 5.69 Å². The van der Waals surface area contributed by atoms with Gasteiger partial charge >= 0.3 is 0 Å². The summed E-state index contributed by atoms with van der Waals surface area (Å²) in [5.41, 5.74) is 9.09. The highest BCUT2D eigenvalue weighted by atomic mass is 15.0. The number of nitrogens with two attached hydrogens (primary N) is 1. The fraction of sp³-hybridized carbons (Fsp3) is 0.0833. The Bertz CT molecular complexity index is 532. The minimum Gasteiger partial charge on any atom is -0.399 e. The fourth-order valence-corrected chi connectivity index (χ4v) is 1.63. The molecular formula is C12H11N3. The number of hydrogen-bond acceptors (Lipinski definition) is 2. The van der Waals surface area contributed by atoms with Crippen LogP contribution in [0.2, 0.25) is 0 Å². The van der Waals surface area contributed by atoms with Gasteiger partial charge in [-0.2, -0.15) is 5.26 Å². The van der Waals surface area contributed by atoms with E-state index in [1.54, 1.807) is 6.07 Å². The topological polar surface area (TPSA) is 54.7 Å². The van der Waals surface area contributed by atoms with Crippen molar-refractivity contribution in [2.75, 3.05) is 5.73 Å². The molecule has 0 saturated carbocycles. The third-order valence-corrected chi connectivity index (χ3v) is 2.34. The summed E-state index contributed by atoms with van der Waals surface area (Å²) in [5, 5.41) is 8.92. The van der Waals surface area contributed by atoms with Crippen molar-refractivity contribution in [2.45, 2.75) is 6.92 Å². The molecule has 0 aliphatic rings. The van der Waals surface area contributed by atoms with Gasteiger partial charge in [-0.05, 0) is 42.8 Å². The molecule has 0 amide bonds. The normalized spacial score (nSPS) is 9.87. The maximum absolute atomic E-state index is 8.92. The Morgan fingerprint density at radius 3 is 2.80 bits per heavy atom. The van der Waals surface area contributed by atoms with Crippen molar-refractivity contribution in [3.8, 4) is 11.8 Å². The number of nitrogen functional groups attached to an aromatic ring is 1. The lowest BCUT2D eigenvalue weighted by molar-refractivity contribution is 1.04. The third-order valence-electron chi connectivity index (χ3n) is 2.34. The molecule has 0 spiro atoms. The first-order chi connectivity index (χ1) is 7.22. The first-order valence-corrected chi connectivity index (χ1v) is 4.66. The molecule has 2 rings (SSSR count). The fourth-order valence-electron chi connectivity index (χ4n) is 1.63. The second kappa shape index (κ2) is 3.50. The van der Waals surface area contributed by atoms with Crippen LogP contribution in [0.4, 0.5) is 5.69 Å². The van der Waals surface area contributed by atoms with Crippen molar-refractivity contribution in [3.63, 3.8) is 0 Å². The van der Waals surface area contributed by atoms with Crippen LogP contribution in [0.15, 0.2) is 36.5 Å². The molecule has 15 heavy (non-hydrogen) atoms. The molecule has 0 aliphatic heterocycles. The Balaban J connectivity index is 2.60. The quantitative estimate of drug-likeness (QED) is 0.713. The SMILES string of the molecule is Cc1cc(N)ccc1-n1cccc1C#N. The first kappa shape index (κ1) is 9.35. The molecule has 0 saturated heterocycles. The lowest BCUT2D eigenvalue weighted by Crippen LogP contribution is -1.98. The summed E-state index contributed by atoms with van der Waals surface area (Å²) in [4.78, 5) is 0. The number of aryl methyl sites for hydroxylation is 1. The molecule has 1 aromatic carbocycles. The van der Waals surface area contributed by atoms with Crippen LogP contribution in [0.3, 0.4) is 0 Å². The largest absolute Gasteiger partial charge is 0.399 e. The van der Waals surface area contributed by atoms with Crippen molar-refractivity contribution in [2.24, 2.45) is 0 Å². The monoisotopic (exact) mass is 197 g/mol. The van der Waals surface area contributed by atoms with Crippen LogP contribution in [0.25, 0.3) is 5.69 Å². The van der Waals surface area contributed by atoms with E-state index in [1.807, 2.05) is 42.0 Å². The highest BCUT2D eigenvalue weighted by Crippen LogP contribution is 2.19. The van der Waals surface area contributed by atoms with Crippen molar-refractivity contribution in [1.29, 1.82) is 5.26 Å². The van der Waals surface area contributed by atoms with E-state index in [1.165, 1.54) is 0 Å². The van der Waals surface area contributed by atoms with Gasteiger partial charge in [0, 0.05) is 17.6 Å². The molecule has 2 aromatic rings. The zero-order chi connectivity index (χ0) is 10.8. The molecule has 0 radical (unpaired) electrons. The summed E-state index contributed by atoms with van der Waals surface area (Å²) < 4.78 is 1.86. The predicted octanol–water partition coefficient (Wildman–Crippen LogP) is 2.24. The van der Waals surface area contributed by atoms with Gasteiger partial charge in [0.2, 0.25) is 0 Å². The Labute approximate surface area is 88.4 Å². The maximum Gasteiger partial charge on any atom is 0.124 e. The Kier molecular flexibility index (Phi) is 2.18. The lowest BCUT2D eigenvalue weighted by Gasteiger charge is -2.09. The molecule has 3 heteroatoms. The van der Waals surface area contributed by atoms with Crippen LogP contribution in [0.1, 0.15) is 11.3 Å². The van der Waals surface area contributed by atoms with Crippen LogP contribution in [0.5, 0.6) is 0 Å². The molecule has 0 bridgehead atoms. The zero-order valence-electron chi connectivity index (χ0n) is 8.44. The van der Waals surface area contributed by atoms with Gasteiger partial charge in [-0.3, -0.25) is 0 Å². The van der Waals surface area contributed by atoms with Crippen LogP contribution in [-0.4, -0.2) is 4.57 Å². The first-order valence-electron chi connectivity index (χ1n) is 4.66. The van der Waals surface area contributed by atoms with Crippen LogP contribution >= 0.6 is 0 Å². The minimum absolute atomic E-state index is 0.628. The molecule has 74 valence electrons. The van der Waals surface area contributed by atoms with Gasteiger partial charge in [0.15, 0.2) is 0 Å². The van der Waals surface area contributed by atoms with Crippen molar-refractivity contribution >= 4 is 5.69 Å².